The average molecular weight is 346 g/mol. The molecule has 22 heavy (non-hydrogen) atoms. The van der Waals surface area contributed by atoms with Crippen molar-refractivity contribution in [3.05, 3.63) is 0 Å². The van der Waals surface area contributed by atoms with Crippen molar-refractivity contribution in [1.29, 1.82) is 0 Å². The molecule has 130 valence electrons. The third-order valence-electron chi connectivity index (χ3n) is 2.30. The molecular weight excluding hydrogens is 325 g/mol. The lowest BCUT2D eigenvalue weighted by molar-refractivity contribution is -0.874. The van der Waals surface area contributed by atoms with Crippen LogP contribution in [-0.2, 0) is 23.2 Å². The second-order valence-corrected chi connectivity index (χ2v) is 6.96. The van der Waals surface area contributed by atoms with E-state index < -0.39 is 51.2 Å². The van der Waals surface area contributed by atoms with E-state index in [9.17, 15) is 19.0 Å². The van der Waals surface area contributed by atoms with Crippen LogP contribution in [0.4, 0.5) is 0 Å². The molecule has 0 saturated heterocycles. The first kappa shape index (κ1) is 20.9. The highest BCUT2D eigenvalue weighted by molar-refractivity contribution is 7.47. The van der Waals surface area contributed by atoms with Gasteiger partial charge in [0.25, 0.3) is 0 Å². The number of likely N-dealkylation sites (N-methyl/N-ethyl adjacent to an activating group) is 1. The summed E-state index contributed by atoms with van der Waals surface area (Å²) in [6.45, 7) is -2.29. The van der Waals surface area contributed by atoms with Gasteiger partial charge in [-0.15, -0.1) is 0 Å². The van der Waals surface area contributed by atoms with Crippen LogP contribution >= 0.6 is 7.82 Å². The maximum Gasteiger partial charge on any atom is 0.474 e. The molecule has 0 aliphatic carbocycles. The predicted octanol–water partition coefficient (Wildman–Crippen LogP) is -1.91. The van der Waals surface area contributed by atoms with Gasteiger partial charge in [0.15, 0.2) is 0 Å². The number of carboxylic acids is 2. The fourth-order valence-electron chi connectivity index (χ4n) is 1.46. The number of hydrogen-bond donors (Lipinski definition) is 5. The molecule has 5 N–H and O–H groups in total. The molecular formula is C10H21NO10P+. The lowest BCUT2D eigenvalue weighted by Gasteiger charge is -2.33. The van der Waals surface area contributed by atoms with E-state index in [0.717, 1.165) is 0 Å². The van der Waals surface area contributed by atoms with E-state index >= 15 is 0 Å². The molecule has 0 aromatic heterocycles. The van der Waals surface area contributed by atoms with Crippen molar-refractivity contribution in [2.45, 2.75) is 11.7 Å². The van der Waals surface area contributed by atoms with Gasteiger partial charge < -0.3 is 29.8 Å². The zero-order valence-corrected chi connectivity index (χ0v) is 13.3. The Morgan fingerprint density at radius 2 is 1.68 bits per heavy atom. The zero-order valence-electron chi connectivity index (χ0n) is 12.4. The van der Waals surface area contributed by atoms with Crippen LogP contribution < -0.4 is 0 Å². The van der Waals surface area contributed by atoms with Crippen LogP contribution in [0.15, 0.2) is 0 Å². The minimum atomic E-state index is -5.12. The van der Waals surface area contributed by atoms with Gasteiger partial charge in [0.05, 0.1) is 34.4 Å². The molecule has 0 spiro atoms. The quantitative estimate of drug-likeness (QED) is 0.171. The number of aliphatic hydroxyl groups excluding tert-OH is 2. The number of aliphatic carboxylic acids is 2. The van der Waals surface area contributed by atoms with Crippen LogP contribution in [0.2, 0.25) is 0 Å². The Kier molecular flexibility index (Phi) is 7.10. The molecule has 0 aromatic carbocycles. The highest BCUT2D eigenvalue weighted by Crippen LogP contribution is 2.48. The van der Waals surface area contributed by atoms with E-state index in [1.165, 1.54) is 21.1 Å². The molecule has 0 bridgehead atoms. The topological polar surface area (TPSA) is 171 Å². The Morgan fingerprint density at radius 3 is 2.00 bits per heavy atom. The molecule has 0 saturated carbocycles. The summed E-state index contributed by atoms with van der Waals surface area (Å²) in [6.07, 6.45) is -1.51. The van der Waals surface area contributed by atoms with Gasteiger partial charge in [-0.05, 0) is 0 Å². The number of aliphatic hydroxyl groups is 2. The maximum absolute atomic E-state index is 11.7. The first-order valence-corrected chi connectivity index (χ1v) is 7.49. The second-order valence-electron chi connectivity index (χ2n) is 5.58. The van der Waals surface area contributed by atoms with Gasteiger partial charge in [-0.25, -0.2) is 14.2 Å². The van der Waals surface area contributed by atoms with E-state index in [2.05, 4.69) is 9.05 Å². The van der Waals surface area contributed by atoms with Gasteiger partial charge in [-0.2, -0.15) is 0 Å². The number of carboxylic acid groups (broad SMARTS) is 2. The van der Waals surface area contributed by atoms with Crippen LogP contribution in [0.3, 0.4) is 0 Å². The van der Waals surface area contributed by atoms with Crippen LogP contribution in [0, 0.1) is 0 Å². The SMILES string of the molecule is C[N+](C)(C)CC(OP(=O)(O)OCC(O)CO)(C(=O)O)C(=O)O. The summed E-state index contributed by atoms with van der Waals surface area (Å²) < 4.78 is 20.2. The Hall–Kier alpha value is -1.07. The van der Waals surface area contributed by atoms with Gasteiger partial charge in [-0.3, -0.25) is 9.05 Å². The smallest absolute Gasteiger partial charge is 0.474 e. The molecule has 11 nitrogen and oxygen atoms in total. The Bertz CT molecular complexity index is 445. The third-order valence-corrected chi connectivity index (χ3v) is 3.32. The van der Waals surface area contributed by atoms with Crippen LogP contribution in [-0.4, -0.2) is 94.3 Å². The summed E-state index contributed by atoms with van der Waals surface area (Å²) >= 11 is 0. The fourth-order valence-corrected chi connectivity index (χ4v) is 2.48. The number of phosphoric acid groups is 1. The molecule has 2 unspecified atom stereocenters. The van der Waals surface area contributed by atoms with Gasteiger partial charge in [0.2, 0.25) is 0 Å². The molecule has 0 fully saturated rings. The number of nitrogens with zero attached hydrogens (tertiary/aromatic N) is 1. The fraction of sp³-hybridized carbons (Fsp3) is 0.800. The van der Waals surface area contributed by atoms with Crippen LogP contribution in [0.5, 0.6) is 0 Å². The van der Waals surface area contributed by atoms with Crippen molar-refractivity contribution in [3.63, 3.8) is 0 Å². The molecule has 12 heteroatoms. The minimum Gasteiger partial charge on any atom is -0.478 e. The first-order valence-electron chi connectivity index (χ1n) is 6.00. The highest BCUT2D eigenvalue weighted by atomic mass is 31.2. The third kappa shape index (κ3) is 6.36. The van der Waals surface area contributed by atoms with E-state index in [1.807, 2.05) is 0 Å². The molecule has 0 rings (SSSR count). The zero-order chi connectivity index (χ0) is 17.8. The van der Waals surface area contributed by atoms with Crippen molar-refractivity contribution in [2.75, 3.05) is 40.9 Å². The number of quaternary nitrogens is 1. The standard InChI is InChI=1S/C10H20NO10P/c1-11(2,3)6-10(8(14)15,9(16)17)21-22(18,19)20-5-7(13)4-12/h7,12-13H,4-6H2,1-3H3,(H2-,14,15,16,17,18,19)/p+1. The van der Waals surface area contributed by atoms with Gasteiger partial charge >= 0.3 is 25.4 Å². The summed E-state index contributed by atoms with van der Waals surface area (Å²) in [5, 5.41) is 35.9. The van der Waals surface area contributed by atoms with E-state index in [1.54, 1.807) is 0 Å². The number of rotatable bonds is 10. The minimum absolute atomic E-state index is 0.197. The van der Waals surface area contributed by atoms with E-state index in [0.29, 0.717) is 0 Å². The van der Waals surface area contributed by atoms with Crippen LogP contribution in [0.1, 0.15) is 0 Å². The van der Waals surface area contributed by atoms with Crippen LogP contribution in [0.25, 0.3) is 0 Å². The van der Waals surface area contributed by atoms with Gasteiger partial charge in [0.1, 0.15) is 12.6 Å². The molecule has 0 aliphatic rings. The summed E-state index contributed by atoms with van der Waals surface area (Å²) in [7, 11) is -0.735. The largest absolute Gasteiger partial charge is 0.478 e. The van der Waals surface area contributed by atoms with Crippen molar-refractivity contribution in [3.8, 4) is 0 Å². The van der Waals surface area contributed by atoms with E-state index in [4.69, 9.17) is 20.4 Å². The lowest BCUT2D eigenvalue weighted by Crippen LogP contribution is -2.59. The molecule has 2 atom stereocenters. The predicted molar refractivity (Wildman–Crippen MR) is 70.9 cm³/mol. The second kappa shape index (κ2) is 7.47. The number of carbonyl (C=O) groups is 2. The molecule has 0 heterocycles. The monoisotopic (exact) mass is 346 g/mol. The number of phosphoric ester groups is 1. The van der Waals surface area contributed by atoms with Crippen molar-refractivity contribution in [1.82, 2.24) is 0 Å². The molecule has 0 aromatic rings. The highest BCUT2D eigenvalue weighted by Gasteiger charge is 2.57. The van der Waals surface area contributed by atoms with Crippen molar-refractivity contribution < 1.29 is 53.0 Å². The van der Waals surface area contributed by atoms with E-state index in [-0.39, 0.29) is 4.48 Å². The molecule has 0 radical (unpaired) electrons. The number of hydrogen-bond acceptors (Lipinski definition) is 7. The van der Waals surface area contributed by atoms with Gasteiger partial charge in [0, 0.05) is 0 Å². The Balaban J connectivity index is 5.41. The normalized spacial score (nSPS) is 16.8. The summed E-state index contributed by atoms with van der Waals surface area (Å²) in [6, 6.07) is 0. The van der Waals surface area contributed by atoms with Crippen molar-refractivity contribution >= 4 is 19.8 Å². The first-order chi connectivity index (χ1) is 9.76. The molecule has 0 aliphatic heterocycles. The van der Waals surface area contributed by atoms with Gasteiger partial charge in [-0.1, -0.05) is 0 Å². The summed E-state index contributed by atoms with van der Waals surface area (Å²) in [5.74, 6) is -3.96. The Labute approximate surface area is 126 Å². The summed E-state index contributed by atoms with van der Waals surface area (Å²) in [5.41, 5.74) is -3.02. The maximum atomic E-state index is 11.7. The Morgan fingerprint density at radius 1 is 1.23 bits per heavy atom. The van der Waals surface area contributed by atoms with Crippen molar-refractivity contribution in [2.24, 2.45) is 0 Å². The average Bonchev–Trinajstić information content (AvgIpc) is 2.32. The molecule has 0 amide bonds. The lowest BCUT2D eigenvalue weighted by atomic mass is 10.0. The summed E-state index contributed by atoms with van der Waals surface area (Å²) in [4.78, 5) is 32.1.